The molecule has 0 radical (unpaired) electrons. The topological polar surface area (TPSA) is 42.2 Å². The molecule has 2 rings (SSSR count). The molecule has 4 heteroatoms. The first-order valence-corrected chi connectivity index (χ1v) is 7.00. The van der Waals surface area contributed by atoms with Gasteiger partial charge in [0.15, 0.2) is 0 Å². The standard InChI is InChI=1S/C13H20BrN3/c1-9-7-12(14)13(16-8-9)17-5-3-11(4-6-17)10(2)15/h7-8,10-11H,3-6,15H2,1-2H3. The number of nitrogens with zero attached hydrogens (tertiary/aromatic N) is 2. The molecule has 3 nitrogen and oxygen atoms in total. The molecule has 0 amide bonds. The second kappa shape index (κ2) is 5.36. The van der Waals surface area contributed by atoms with Gasteiger partial charge in [-0.2, -0.15) is 0 Å². The van der Waals surface area contributed by atoms with Gasteiger partial charge in [-0.1, -0.05) is 0 Å². The van der Waals surface area contributed by atoms with E-state index in [1.165, 1.54) is 18.4 Å². The van der Waals surface area contributed by atoms with Gasteiger partial charge in [0.25, 0.3) is 0 Å². The van der Waals surface area contributed by atoms with Crippen molar-refractivity contribution in [2.24, 2.45) is 11.7 Å². The fourth-order valence-corrected chi connectivity index (χ4v) is 3.11. The summed E-state index contributed by atoms with van der Waals surface area (Å²) in [7, 11) is 0. The van der Waals surface area contributed by atoms with E-state index in [1.807, 2.05) is 6.20 Å². The van der Waals surface area contributed by atoms with E-state index in [0.717, 1.165) is 23.4 Å². The monoisotopic (exact) mass is 297 g/mol. The minimum atomic E-state index is 0.312. The Morgan fingerprint density at radius 1 is 1.47 bits per heavy atom. The molecule has 0 spiro atoms. The second-order valence-electron chi connectivity index (χ2n) is 5.00. The van der Waals surface area contributed by atoms with Crippen LogP contribution >= 0.6 is 15.9 Å². The van der Waals surface area contributed by atoms with E-state index >= 15 is 0 Å². The highest BCUT2D eigenvalue weighted by Crippen LogP contribution is 2.29. The number of halogens is 1. The molecular weight excluding hydrogens is 278 g/mol. The normalized spacial score (nSPS) is 19.4. The quantitative estimate of drug-likeness (QED) is 0.913. The Hall–Kier alpha value is -0.610. The first-order valence-electron chi connectivity index (χ1n) is 6.20. The summed E-state index contributed by atoms with van der Waals surface area (Å²) in [5.74, 6) is 1.73. The molecular formula is C13H20BrN3. The zero-order chi connectivity index (χ0) is 12.4. The van der Waals surface area contributed by atoms with Crippen LogP contribution in [0, 0.1) is 12.8 Å². The van der Waals surface area contributed by atoms with Gasteiger partial charge < -0.3 is 10.6 Å². The van der Waals surface area contributed by atoms with E-state index in [-0.39, 0.29) is 0 Å². The van der Waals surface area contributed by atoms with Crippen molar-refractivity contribution in [2.75, 3.05) is 18.0 Å². The lowest BCUT2D eigenvalue weighted by molar-refractivity contribution is 0.353. The average Bonchev–Trinajstić information content (AvgIpc) is 2.29. The van der Waals surface area contributed by atoms with Crippen molar-refractivity contribution in [2.45, 2.75) is 32.7 Å². The maximum atomic E-state index is 5.96. The lowest BCUT2D eigenvalue weighted by Gasteiger charge is -2.34. The van der Waals surface area contributed by atoms with Crippen molar-refractivity contribution in [3.05, 3.63) is 22.3 Å². The van der Waals surface area contributed by atoms with Crippen LogP contribution in [0.2, 0.25) is 0 Å². The molecule has 0 bridgehead atoms. The third-order valence-electron chi connectivity index (χ3n) is 3.54. The van der Waals surface area contributed by atoms with Gasteiger partial charge in [0.1, 0.15) is 5.82 Å². The number of aromatic nitrogens is 1. The predicted octanol–water partition coefficient (Wildman–Crippen LogP) is 2.72. The first-order chi connectivity index (χ1) is 8.08. The number of nitrogens with two attached hydrogens (primary N) is 1. The van der Waals surface area contributed by atoms with Crippen molar-refractivity contribution >= 4 is 21.7 Å². The van der Waals surface area contributed by atoms with Gasteiger partial charge in [-0.3, -0.25) is 0 Å². The molecule has 1 fully saturated rings. The lowest BCUT2D eigenvalue weighted by Crippen LogP contribution is -2.40. The van der Waals surface area contributed by atoms with Crippen LogP contribution in [0.4, 0.5) is 5.82 Å². The summed E-state index contributed by atoms with van der Waals surface area (Å²) >= 11 is 3.60. The molecule has 1 saturated heterocycles. The van der Waals surface area contributed by atoms with E-state index in [2.05, 4.69) is 45.7 Å². The number of pyridine rings is 1. The summed E-state index contributed by atoms with van der Waals surface area (Å²) in [5.41, 5.74) is 7.14. The summed E-state index contributed by atoms with van der Waals surface area (Å²) < 4.78 is 1.09. The van der Waals surface area contributed by atoms with E-state index in [0.29, 0.717) is 12.0 Å². The third kappa shape index (κ3) is 2.99. The Balaban J connectivity index is 2.05. The molecule has 1 atom stereocenters. The Kier molecular flexibility index (Phi) is 4.05. The molecule has 2 N–H and O–H groups in total. The number of rotatable bonds is 2. The molecule has 1 aliphatic rings. The third-order valence-corrected chi connectivity index (χ3v) is 4.12. The Bertz CT molecular complexity index is 384. The summed E-state index contributed by atoms with van der Waals surface area (Å²) in [6, 6.07) is 2.44. The molecule has 2 heterocycles. The maximum Gasteiger partial charge on any atom is 0.142 e. The van der Waals surface area contributed by atoms with Gasteiger partial charge in [0.2, 0.25) is 0 Å². The van der Waals surface area contributed by atoms with Crippen LogP contribution < -0.4 is 10.6 Å². The van der Waals surface area contributed by atoms with E-state index in [9.17, 15) is 0 Å². The molecule has 0 aromatic carbocycles. The van der Waals surface area contributed by atoms with Gasteiger partial charge in [0.05, 0.1) is 4.47 Å². The molecule has 0 saturated carbocycles. The zero-order valence-electron chi connectivity index (χ0n) is 10.5. The molecule has 94 valence electrons. The highest BCUT2D eigenvalue weighted by atomic mass is 79.9. The van der Waals surface area contributed by atoms with Gasteiger partial charge in [-0.05, 0) is 60.2 Å². The van der Waals surface area contributed by atoms with Crippen molar-refractivity contribution in [1.29, 1.82) is 0 Å². The molecule has 17 heavy (non-hydrogen) atoms. The SMILES string of the molecule is Cc1cnc(N2CCC(C(C)N)CC2)c(Br)c1. The largest absolute Gasteiger partial charge is 0.356 e. The Morgan fingerprint density at radius 2 is 2.12 bits per heavy atom. The van der Waals surface area contributed by atoms with E-state index in [1.54, 1.807) is 0 Å². The number of hydrogen-bond acceptors (Lipinski definition) is 3. The number of aryl methyl sites for hydroxylation is 1. The molecule has 1 aromatic heterocycles. The smallest absolute Gasteiger partial charge is 0.142 e. The van der Waals surface area contributed by atoms with E-state index in [4.69, 9.17) is 5.73 Å². The van der Waals surface area contributed by atoms with Crippen LogP contribution in [0.3, 0.4) is 0 Å². The lowest BCUT2D eigenvalue weighted by atomic mass is 9.91. The van der Waals surface area contributed by atoms with E-state index < -0.39 is 0 Å². The van der Waals surface area contributed by atoms with Crippen LogP contribution in [0.5, 0.6) is 0 Å². The Labute approximate surface area is 112 Å². The summed E-state index contributed by atoms with van der Waals surface area (Å²) in [4.78, 5) is 6.87. The highest BCUT2D eigenvalue weighted by molar-refractivity contribution is 9.10. The molecule has 1 unspecified atom stereocenters. The second-order valence-corrected chi connectivity index (χ2v) is 5.86. The summed E-state index contributed by atoms with van der Waals surface area (Å²) in [6.45, 7) is 6.28. The van der Waals surface area contributed by atoms with Crippen LogP contribution in [0.25, 0.3) is 0 Å². The van der Waals surface area contributed by atoms with Gasteiger partial charge >= 0.3 is 0 Å². The highest BCUT2D eigenvalue weighted by Gasteiger charge is 2.23. The van der Waals surface area contributed by atoms with Crippen molar-refractivity contribution in [3.63, 3.8) is 0 Å². The van der Waals surface area contributed by atoms with Crippen molar-refractivity contribution < 1.29 is 0 Å². The van der Waals surface area contributed by atoms with Gasteiger partial charge in [-0.15, -0.1) is 0 Å². The maximum absolute atomic E-state index is 5.96. The zero-order valence-corrected chi connectivity index (χ0v) is 12.1. The number of hydrogen-bond donors (Lipinski definition) is 1. The minimum absolute atomic E-state index is 0.312. The number of anilines is 1. The Morgan fingerprint density at radius 3 is 2.65 bits per heavy atom. The predicted molar refractivity (Wildman–Crippen MR) is 75.3 cm³/mol. The van der Waals surface area contributed by atoms with Crippen LogP contribution in [0.1, 0.15) is 25.3 Å². The summed E-state index contributed by atoms with van der Waals surface area (Å²) in [6.07, 6.45) is 4.26. The first kappa shape index (κ1) is 12.8. The fraction of sp³-hybridized carbons (Fsp3) is 0.615. The number of piperidine rings is 1. The minimum Gasteiger partial charge on any atom is -0.356 e. The molecule has 1 aliphatic heterocycles. The van der Waals surface area contributed by atoms with Crippen LogP contribution in [-0.2, 0) is 0 Å². The van der Waals surface area contributed by atoms with Crippen molar-refractivity contribution in [1.82, 2.24) is 4.98 Å². The molecule has 1 aromatic rings. The van der Waals surface area contributed by atoms with Crippen LogP contribution in [-0.4, -0.2) is 24.1 Å². The van der Waals surface area contributed by atoms with Gasteiger partial charge in [-0.25, -0.2) is 4.98 Å². The molecule has 0 aliphatic carbocycles. The summed E-state index contributed by atoms with van der Waals surface area (Å²) in [5, 5.41) is 0. The van der Waals surface area contributed by atoms with Gasteiger partial charge in [0, 0.05) is 25.3 Å². The van der Waals surface area contributed by atoms with Crippen molar-refractivity contribution in [3.8, 4) is 0 Å². The fourth-order valence-electron chi connectivity index (χ4n) is 2.40. The average molecular weight is 298 g/mol. The van der Waals surface area contributed by atoms with Crippen LogP contribution in [0.15, 0.2) is 16.7 Å².